The van der Waals surface area contributed by atoms with E-state index in [1.807, 2.05) is 19.1 Å². The number of hydrogen-bond acceptors (Lipinski definition) is 5. The molecule has 106 valence electrons. The lowest BCUT2D eigenvalue weighted by Crippen LogP contribution is -2.20. The highest BCUT2D eigenvalue weighted by Crippen LogP contribution is 2.33. The third-order valence-corrected chi connectivity index (χ3v) is 4.17. The summed E-state index contributed by atoms with van der Waals surface area (Å²) < 4.78 is 11.3. The minimum absolute atomic E-state index is 0.627. The molecule has 0 bridgehead atoms. The number of thiazole rings is 1. The number of hydrogen-bond donors (Lipinski definition) is 1. The maximum atomic E-state index is 5.70. The molecule has 0 saturated carbocycles. The average molecular weight is 290 g/mol. The molecule has 0 atom stereocenters. The number of rotatable bonds is 5. The Labute approximate surface area is 122 Å². The topological polar surface area (TPSA) is 43.4 Å². The highest BCUT2D eigenvalue weighted by molar-refractivity contribution is 7.09. The van der Waals surface area contributed by atoms with E-state index in [4.69, 9.17) is 9.47 Å². The lowest BCUT2D eigenvalue weighted by molar-refractivity contribution is 0.169. The summed E-state index contributed by atoms with van der Waals surface area (Å²) in [6, 6.07) is 6.04. The van der Waals surface area contributed by atoms with Gasteiger partial charge in [-0.05, 0) is 13.0 Å². The van der Waals surface area contributed by atoms with Gasteiger partial charge in [-0.1, -0.05) is 12.1 Å². The minimum Gasteiger partial charge on any atom is -0.486 e. The minimum atomic E-state index is 0.627. The van der Waals surface area contributed by atoms with E-state index >= 15 is 0 Å². The average Bonchev–Trinajstić information content (AvgIpc) is 2.89. The van der Waals surface area contributed by atoms with E-state index in [0.717, 1.165) is 42.3 Å². The van der Waals surface area contributed by atoms with Crippen molar-refractivity contribution in [3.8, 4) is 11.5 Å². The SMILES string of the molecule is Cc1csc(CCNCc2cccc3c2OCCO3)n1. The molecule has 1 N–H and O–H groups in total. The summed E-state index contributed by atoms with van der Waals surface area (Å²) in [7, 11) is 0. The zero-order valence-corrected chi connectivity index (χ0v) is 12.3. The van der Waals surface area contributed by atoms with Crippen LogP contribution >= 0.6 is 11.3 Å². The quantitative estimate of drug-likeness (QED) is 0.860. The van der Waals surface area contributed by atoms with Crippen molar-refractivity contribution in [3.63, 3.8) is 0 Å². The van der Waals surface area contributed by atoms with Gasteiger partial charge >= 0.3 is 0 Å². The van der Waals surface area contributed by atoms with Gasteiger partial charge in [0.15, 0.2) is 11.5 Å². The summed E-state index contributed by atoms with van der Waals surface area (Å²) in [5, 5.41) is 6.72. The Bertz CT molecular complexity index is 583. The van der Waals surface area contributed by atoms with Crippen molar-refractivity contribution in [2.45, 2.75) is 19.9 Å². The van der Waals surface area contributed by atoms with E-state index in [1.165, 1.54) is 5.01 Å². The lowest BCUT2D eigenvalue weighted by atomic mass is 10.1. The Hall–Kier alpha value is -1.59. The van der Waals surface area contributed by atoms with Gasteiger partial charge in [0, 0.05) is 36.1 Å². The van der Waals surface area contributed by atoms with Crippen LogP contribution in [0.2, 0.25) is 0 Å². The fraction of sp³-hybridized carbons (Fsp3) is 0.400. The van der Waals surface area contributed by atoms with Crippen molar-refractivity contribution >= 4 is 11.3 Å². The summed E-state index contributed by atoms with van der Waals surface area (Å²) in [6.45, 7) is 4.99. The Morgan fingerprint density at radius 2 is 2.20 bits per heavy atom. The molecule has 0 fully saturated rings. The van der Waals surface area contributed by atoms with Crippen LogP contribution in [0.3, 0.4) is 0 Å². The molecule has 5 heteroatoms. The first-order valence-electron chi connectivity index (χ1n) is 6.82. The van der Waals surface area contributed by atoms with E-state index in [2.05, 4.69) is 21.7 Å². The molecule has 4 nitrogen and oxygen atoms in total. The number of nitrogens with zero attached hydrogens (tertiary/aromatic N) is 1. The summed E-state index contributed by atoms with van der Waals surface area (Å²) in [4.78, 5) is 4.46. The normalized spacial score (nSPS) is 13.4. The third-order valence-electron chi connectivity index (χ3n) is 3.15. The van der Waals surface area contributed by atoms with Crippen LogP contribution in [-0.4, -0.2) is 24.7 Å². The zero-order chi connectivity index (χ0) is 13.8. The van der Waals surface area contributed by atoms with Gasteiger partial charge in [0.1, 0.15) is 13.2 Å². The van der Waals surface area contributed by atoms with Crippen LogP contribution in [-0.2, 0) is 13.0 Å². The van der Waals surface area contributed by atoms with Gasteiger partial charge in [0.2, 0.25) is 0 Å². The zero-order valence-electron chi connectivity index (χ0n) is 11.5. The number of fused-ring (bicyclic) bond motifs is 1. The predicted octanol–water partition coefficient (Wildman–Crippen LogP) is 2.56. The van der Waals surface area contributed by atoms with E-state index < -0.39 is 0 Å². The fourth-order valence-electron chi connectivity index (χ4n) is 2.21. The largest absolute Gasteiger partial charge is 0.486 e. The van der Waals surface area contributed by atoms with Gasteiger partial charge in [-0.15, -0.1) is 11.3 Å². The van der Waals surface area contributed by atoms with Crippen molar-refractivity contribution < 1.29 is 9.47 Å². The number of para-hydroxylation sites is 1. The maximum Gasteiger partial charge on any atom is 0.165 e. The van der Waals surface area contributed by atoms with Crippen molar-refractivity contribution in [2.24, 2.45) is 0 Å². The van der Waals surface area contributed by atoms with Crippen LogP contribution in [0.25, 0.3) is 0 Å². The summed E-state index contributed by atoms with van der Waals surface area (Å²) in [5.74, 6) is 1.74. The molecular formula is C15H18N2O2S. The van der Waals surface area contributed by atoms with Gasteiger partial charge in [-0.3, -0.25) is 0 Å². The van der Waals surface area contributed by atoms with E-state index in [1.54, 1.807) is 11.3 Å². The van der Waals surface area contributed by atoms with Gasteiger partial charge in [-0.25, -0.2) is 4.98 Å². The molecule has 0 amide bonds. The van der Waals surface area contributed by atoms with Gasteiger partial charge < -0.3 is 14.8 Å². The molecule has 0 radical (unpaired) electrons. The number of aromatic nitrogens is 1. The number of ether oxygens (including phenoxy) is 2. The summed E-state index contributed by atoms with van der Waals surface area (Å²) in [6.07, 6.45) is 0.963. The van der Waals surface area contributed by atoms with Crippen molar-refractivity contribution in [2.75, 3.05) is 19.8 Å². The number of benzene rings is 1. The summed E-state index contributed by atoms with van der Waals surface area (Å²) in [5.41, 5.74) is 2.25. The standard InChI is InChI=1S/C15H18N2O2S/c1-11-10-20-14(17-11)5-6-16-9-12-3-2-4-13-15(12)19-8-7-18-13/h2-4,10,16H,5-9H2,1H3. The Morgan fingerprint density at radius 3 is 3.05 bits per heavy atom. The van der Waals surface area contributed by atoms with Gasteiger partial charge in [0.05, 0.1) is 5.01 Å². The molecule has 1 aliphatic rings. The molecule has 1 aromatic carbocycles. The Balaban J connectivity index is 1.53. The fourth-order valence-corrected chi connectivity index (χ4v) is 2.99. The molecule has 0 unspecified atom stereocenters. The Kier molecular flexibility index (Phi) is 4.18. The van der Waals surface area contributed by atoms with Crippen LogP contribution in [0.5, 0.6) is 11.5 Å². The molecule has 20 heavy (non-hydrogen) atoms. The van der Waals surface area contributed by atoms with E-state index in [-0.39, 0.29) is 0 Å². The lowest BCUT2D eigenvalue weighted by Gasteiger charge is -2.21. The van der Waals surface area contributed by atoms with Gasteiger partial charge in [0.25, 0.3) is 0 Å². The predicted molar refractivity (Wildman–Crippen MR) is 79.7 cm³/mol. The molecular weight excluding hydrogens is 272 g/mol. The van der Waals surface area contributed by atoms with Crippen molar-refractivity contribution in [3.05, 3.63) is 39.8 Å². The van der Waals surface area contributed by atoms with Gasteiger partial charge in [-0.2, -0.15) is 0 Å². The second kappa shape index (κ2) is 6.24. The number of aryl methyl sites for hydroxylation is 1. The highest BCUT2D eigenvalue weighted by Gasteiger charge is 2.14. The molecule has 0 spiro atoms. The maximum absolute atomic E-state index is 5.70. The van der Waals surface area contributed by atoms with E-state index in [9.17, 15) is 0 Å². The highest BCUT2D eigenvalue weighted by atomic mass is 32.1. The first-order valence-corrected chi connectivity index (χ1v) is 7.70. The van der Waals surface area contributed by atoms with Crippen LogP contribution in [0, 0.1) is 6.92 Å². The molecule has 2 aromatic rings. The molecule has 2 heterocycles. The molecule has 1 aliphatic heterocycles. The number of nitrogens with one attached hydrogen (secondary N) is 1. The Morgan fingerprint density at radius 1 is 1.30 bits per heavy atom. The van der Waals surface area contributed by atoms with Crippen LogP contribution < -0.4 is 14.8 Å². The first-order chi connectivity index (χ1) is 9.83. The smallest absolute Gasteiger partial charge is 0.165 e. The molecule has 0 saturated heterocycles. The molecule has 1 aromatic heterocycles. The molecule has 3 rings (SSSR count). The van der Waals surface area contributed by atoms with Crippen molar-refractivity contribution in [1.82, 2.24) is 10.3 Å². The van der Waals surface area contributed by atoms with Crippen molar-refractivity contribution in [1.29, 1.82) is 0 Å². The van der Waals surface area contributed by atoms with E-state index in [0.29, 0.717) is 13.2 Å². The second-order valence-electron chi connectivity index (χ2n) is 4.75. The molecule has 0 aliphatic carbocycles. The van der Waals surface area contributed by atoms with Crippen LogP contribution in [0.4, 0.5) is 0 Å². The monoisotopic (exact) mass is 290 g/mol. The summed E-state index contributed by atoms with van der Waals surface area (Å²) >= 11 is 1.72. The second-order valence-corrected chi connectivity index (χ2v) is 5.69. The first kappa shape index (κ1) is 13.4. The third kappa shape index (κ3) is 3.11. The van der Waals surface area contributed by atoms with Crippen LogP contribution in [0.1, 0.15) is 16.3 Å². The van der Waals surface area contributed by atoms with Crippen LogP contribution in [0.15, 0.2) is 23.6 Å².